The van der Waals surface area contributed by atoms with E-state index in [-0.39, 0.29) is 5.91 Å². The largest absolute Gasteiger partial charge is 0.494 e. The van der Waals surface area contributed by atoms with Crippen LogP contribution in [0.5, 0.6) is 5.75 Å². The highest BCUT2D eigenvalue weighted by molar-refractivity contribution is 8.27. The second-order valence-electron chi connectivity index (χ2n) is 5.36. The number of ether oxygens (including phenoxy) is 1. The van der Waals surface area contributed by atoms with Gasteiger partial charge < -0.3 is 4.74 Å². The van der Waals surface area contributed by atoms with E-state index in [0.29, 0.717) is 15.8 Å². The van der Waals surface area contributed by atoms with Gasteiger partial charge in [0.15, 0.2) is 4.32 Å². The van der Waals surface area contributed by atoms with Gasteiger partial charge in [-0.25, -0.2) is 0 Å². The average Bonchev–Trinajstić information content (AvgIpc) is 2.83. The third-order valence-electron chi connectivity index (χ3n) is 3.54. The number of thiocarbonyl (C=S) groups is 1. The summed E-state index contributed by atoms with van der Waals surface area (Å²) in [5.74, 6) is 0.742. The fraction of sp³-hybridized carbons (Fsp3) is 0.158. The standard InChI is InChI=1S/C19H17NO2S2/c1-3-22-16-9-7-14(8-10-16)12-17-18(21)20(19(23)24-17)15-6-4-5-13(2)11-15/h4-12H,3H2,1-2H3/b17-12-. The molecule has 0 unspecified atom stereocenters. The van der Waals surface area contributed by atoms with Gasteiger partial charge in [-0.3, -0.25) is 9.69 Å². The minimum absolute atomic E-state index is 0.0792. The van der Waals surface area contributed by atoms with Crippen molar-refractivity contribution in [3.63, 3.8) is 0 Å². The first-order valence-corrected chi connectivity index (χ1v) is 8.88. The fourth-order valence-electron chi connectivity index (χ4n) is 2.44. The van der Waals surface area contributed by atoms with E-state index in [9.17, 15) is 4.79 Å². The Morgan fingerprint density at radius 3 is 2.62 bits per heavy atom. The first-order valence-electron chi connectivity index (χ1n) is 7.66. The molecule has 0 aliphatic carbocycles. The van der Waals surface area contributed by atoms with E-state index in [1.54, 1.807) is 4.90 Å². The van der Waals surface area contributed by atoms with Crippen molar-refractivity contribution in [1.82, 2.24) is 0 Å². The minimum atomic E-state index is -0.0792. The van der Waals surface area contributed by atoms with Gasteiger partial charge in [0.05, 0.1) is 17.2 Å². The van der Waals surface area contributed by atoms with Crippen molar-refractivity contribution in [2.75, 3.05) is 11.5 Å². The molecule has 2 aromatic rings. The van der Waals surface area contributed by atoms with Crippen molar-refractivity contribution >= 4 is 46.0 Å². The molecule has 1 fully saturated rings. The van der Waals surface area contributed by atoms with E-state index in [4.69, 9.17) is 17.0 Å². The number of carbonyl (C=O) groups excluding carboxylic acids is 1. The van der Waals surface area contributed by atoms with Crippen LogP contribution in [0.2, 0.25) is 0 Å². The SMILES string of the molecule is CCOc1ccc(/C=C2\SC(=S)N(c3cccc(C)c3)C2=O)cc1. The maximum absolute atomic E-state index is 12.7. The number of nitrogens with zero attached hydrogens (tertiary/aromatic N) is 1. The van der Waals surface area contributed by atoms with Gasteiger partial charge in [-0.15, -0.1) is 0 Å². The maximum Gasteiger partial charge on any atom is 0.270 e. The summed E-state index contributed by atoms with van der Waals surface area (Å²) in [6.07, 6.45) is 1.87. The monoisotopic (exact) mass is 355 g/mol. The first kappa shape index (κ1) is 16.7. The summed E-state index contributed by atoms with van der Waals surface area (Å²) in [5, 5.41) is 0. The molecule has 1 saturated heterocycles. The van der Waals surface area contributed by atoms with Crippen molar-refractivity contribution < 1.29 is 9.53 Å². The Hall–Kier alpha value is -2.11. The van der Waals surface area contributed by atoms with Gasteiger partial charge in [0.25, 0.3) is 5.91 Å². The summed E-state index contributed by atoms with van der Waals surface area (Å²) >= 11 is 6.73. The Kier molecular flexibility index (Phi) is 5.02. The normalized spacial score (nSPS) is 16.1. The zero-order valence-corrected chi connectivity index (χ0v) is 15.1. The zero-order valence-electron chi connectivity index (χ0n) is 13.5. The van der Waals surface area contributed by atoms with Gasteiger partial charge in [0, 0.05) is 0 Å². The molecule has 0 spiro atoms. The third-order valence-corrected chi connectivity index (χ3v) is 4.84. The van der Waals surface area contributed by atoms with Crippen molar-refractivity contribution in [3.8, 4) is 5.75 Å². The molecule has 0 N–H and O–H groups in total. The molecule has 3 rings (SSSR count). The molecule has 5 heteroatoms. The Morgan fingerprint density at radius 2 is 1.96 bits per heavy atom. The molecule has 1 amide bonds. The molecular weight excluding hydrogens is 338 g/mol. The average molecular weight is 355 g/mol. The number of amides is 1. The van der Waals surface area contributed by atoms with E-state index in [0.717, 1.165) is 22.6 Å². The van der Waals surface area contributed by atoms with Gasteiger partial charge in [0.2, 0.25) is 0 Å². The highest BCUT2D eigenvalue weighted by atomic mass is 32.2. The molecular formula is C19H17NO2S2. The van der Waals surface area contributed by atoms with E-state index >= 15 is 0 Å². The summed E-state index contributed by atoms with van der Waals surface area (Å²) in [7, 11) is 0. The molecule has 0 saturated carbocycles. The quantitative estimate of drug-likeness (QED) is 0.582. The Morgan fingerprint density at radius 1 is 1.21 bits per heavy atom. The van der Waals surface area contributed by atoms with Gasteiger partial charge in [-0.2, -0.15) is 0 Å². The molecule has 0 aromatic heterocycles. The zero-order chi connectivity index (χ0) is 17.1. The van der Waals surface area contributed by atoms with Gasteiger partial charge in [0.1, 0.15) is 5.75 Å². The van der Waals surface area contributed by atoms with E-state index < -0.39 is 0 Å². The van der Waals surface area contributed by atoms with Crippen LogP contribution in [-0.4, -0.2) is 16.8 Å². The van der Waals surface area contributed by atoms with Crippen LogP contribution in [-0.2, 0) is 4.79 Å². The van der Waals surface area contributed by atoms with Gasteiger partial charge in [-0.1, -0.05) is 48.2 Å². The maximum atomic E-state index is 12.7. The Balaban J connectivity index is 1.85. The summed E-state index contributed by atoms with van der Waals surface area (Å²) in [6, 6.07) is 15.5. The van der Waals surface area contributed by atoms with Crippen LogP contribution in [0.25, 0.3) is 6.08 Å². The van der Waals surface area contributed by atoms with Crippen molar-refractivity contribution in [1.29, 1.82) is 0 Å². The van der Waals surface area contributed by atoms with Crippen molar-refractivity contribution in [2.24, 2.45) is 0 Å². The lowest BCUT2D eigenvalue weighted by atomic mass is 10.2. The van der Waals surface area contributed by atoms with E-state index in [1.165, 1.54) is 11.8 Å². The fourth-order valence-corrected chi connectivity index (χ4v) is 3.73. The molecule has 24 heavy (non-hydrogen) atoms. The number of anilines is 1. The summed E-state index contributed by atoms with van der Waals surface area (Å²) in [5.41, 5.74) is 2.85. The Labute approximate surface area is 151 Å². The molecule has 1 aliphatic heterocycles. The lowest BCUT2D eigenvalue weighted by Crippen LogP contribution is -2.27. The van der Waals surface area contributed by atoms with Gasteiger partial charge >= 0.3 is 0 Å². The van der Waals surface area contributed by atoms with Crippen LogP contribution in [0.4, 0.5) is 5.69 Å². The lowest BCUT2D eigenvalue weighted by molar-refractivity contribution is -0.113. The molecule has 1 aliphatic rings. The number of hydrogen-bond donors (Lipinski definition) is 0. The van der Waals surface area contributed by atoms with Gasteiger partial charge in [-0.05, 0) is 55.3 Å². The van der Waals surface area contributed by atoms with E-state index in [2.05, 4.69) is 0 Å². The smallest absolute Gasteiger partial charge is 0.270 e. The molecule has 0 bridgehead atoms. The number of benzene rings is 2. The predicted molar refractivity (Wildman–Crippen MR) is 104 cm³/mol. The summed E-state index contributed by atoms with van der Waals surface area (Å²) < 4.78 is 5.99. The van der Waals surface area contributed by atoms with Crippen LogP contribution in [0, 0.1) is 6.92 Å². The van der Waals surface area contributed by atoms with Crippen LogP contribution >= 0.6 is 24.0 Å². The first-order chi connectivity index (χ1) is 11.6. The number of thioether (sulfide) groups is 1. The predicted octanol–water partition coefficient (Wildman–Crippen LogP) is 4.80. The highest BCUT2D eigenvalue weighted by Gasteiger charge is 2.33. The Bertz CT molecular complexity index is 812. The second-order valence-corrected chi connectivity index (χ2v) is 7.03. The number of rotatable bonds is 4. The number of hydrogen-bond acceptors (Lipinski definition) is 4. The van der Waals surface area contributed by atoms with Crippen molar-refractivity contribution in [2.45, 2.75) is 13.8 Å². The third kappa shape index (κ3) is 3.52. The summed E-state index contributed by atoms with van der Waals surface area (Å²) in [4.78, 5) is 14.9. The van der Waals surface area contributed by atoms with Crippen molar-refractivity contribution in [3.05, 3.63) is 64.6 Å². The molecule has 122 valence electrons. The van der Waals surface area contributed by atoms with Crippen LogP contribution in [0.15, 0.2) is 53.4 Å². The topological polar surface area (TPSA) is 29.5 Å². The summed E-state index contributed by atoms with van der Waals surface area (Å²) in [6.45, 7) is 4.58. The lowest BCUT2D eigenvalue weighted by Gasteiger charge is -2.14. The van der Waals surface area contributed by atoms with E-state index in [1.807, 2.05) is 68.5 Å². The molecule has 0 radical (unpaired) electrons. The number of carbonyl (C=O) groups is 1. The van der Waals surface area contributed by atoms with Crippen LogP contribution < -0.4 is 9.64 Å². The molecule has 1 heterocycles. The molecule has 3 nitrogen and oxygen atoms in total. The number of aryl methyl sites for hydroxylation is 1. The highest BCUT2D eigenvalue weighted by Crippen LogP contribution is 2.36. The van der Waals surface area contributed by atoms with Crippen LogP contribution in [0.1, 0.15) is 18.1 Å². The van der Waals surface area contributed by atoms with Crippen LogP contribution in [0.3, 0.4) is 0 Å². The molecule has 2 aromatic carbocycles. The minimum Gasteiger partial charge on any atom is -0.494 e. The molecule has 0 atom stereocenters. The second kappa shape index (κ2) is 7.20.